The highest BCUT2D eigenvalue weighted by molar-refractivity contribution is 6.33. The summed E-state index contributed by atoms with van der Waals surface area (Å²) in [6.07, 6.45) is 15.1. The van der Waals surface area contributed by atoms with Crippen LogP contribution in [-0.4, -0.2) is 19.9 Å². The zero-order valence-electron chi connectivity index (χ0n) is 26.8. The average molecular weight is 635 g/mol. The Labute approximate surface area is 288 Å². The Bertz CT molecular complexity index is 2640. The maximum atomic E-state index is 4.39. The van der Waals surface area contributed by atoms with E-state index >= 15 is 0 Å². The SMILES string of the molecule is c1ccc2c(-c3ccncc3)c3c(c(-c4ccncc4)c2c1)-c1ccc2c4c(ccc-3c14)-c1c(-c3ccncc3)ccc(-c3ccncc3)c1-2. The molecule has 11 rings (SSSR count). The monoisotopic (exact) mass is 634 g/mol. The molecule has 0 aliphatic heterocycles. The second kappa shape index (κ2) is 10.4. The summed E-state index contributed by atoms with van der Waals surface area (Å²) in [5, 5.41) is 5.09. The van der Waals surface area contributed by atoms with E-state index in [-0.39, 0.29) is 0 Å². The Kier molecular flexibility index (Phi) is 5.63. The Hall–Kier alpha value is -6.78. The predicted molar refractivity (Wildman–Crippen MR) is 203 cm³/mol. The van der Waals surface area contributed by atoms with Gasteiger partial charge in [-0.2, -0.15) is 0 Å². The van der Waals surface area contributed by atoms with Crippen LogP contribution in [0, 0.1) is 0 Å². The molecule has 4 aromatic heterocycles. The van der Waals surface area contributed by atoms with Crippen LogP contribution in [0.4, 0.5) is 0 Å². The lowest BCUT2D eigenvalue weighted by atomic mass is 9.83. The van der Waals surface area contributed by atoms with Gasteiger partial charge < -0.3 is 0 Å². The van der Waals surface area contributed by atoms with Gasteiger partial charge in [0.15, 0.2) is 0 Å². The van der Waals surface area contributed by atoms with Crippen molar-refractivity contribution in [2.24, 2.45) is 0 Å². The highest BCUT2D eigenvalue weighted by Gasteiger charge is 2.35. The summed E-state index contributed by atoms with van der Waals surface area (Å²) in [6, 6.07) is 39.9. The fourth-order valence-electron chi connectivity index (χ4n) is 8.65. The molecule has 2 aliphatic carbocycles. The fraction of sp³-hybridized carbons (Fsp3) is 0. The Morgan fingerprint density at radius 2 is 0.540 bits per heavy atom. The van der Waals surface area contributed by atoms with Gasteiger partial charge in [-0.1, -0.05) is 60.7 Å². The second-order valence-electron chi connectivity index (χ2n) is 13.0. The summed E-state index contributed by atoms with van der Waals surface area (Å²) >= 11 is 0. The van der Waals surface area contributed by atoms with Crippen molar-refractivity contribution in [2.75, 3.05) is 0 Å². The molecule has 50 heavy (non-hydrogen) atoms. The minimum Gasteiger partial charge on any atom is -0.265 e. The third kappa shape index (κ3) is 3.65. The molecule has 230 valence electrons. The Morgan fingerprint density at radius 3 is 0.900 bits per heavy atom. The van der Waals surface area contributed by atoms with Crippen molar-refractivity contribution < 1.29 is 0 Å². The molecule has 2 aliphatic rings. The van der Waals surface area contributed by atoms with E-state index in [4.69, 9.17) is 0 Å². The Balaban J connectivity index is 1.30. The number of hydrogen-bond acceptors (Lipinski definition) is 4. The van der Waals surface area contributed by atoms with Crippen LogP contribution in [0.15, 0.2) is 159 Å². The molecule has 0 radical (unpaired) electrons. The zero-order valence-corrected chi connectivity index (χ0v) is 26.8. The molecule has 0 atom stereocenters. The van der Waals surface area contributed by atoms with Crippen molar-refractivity contribution >= 4 is 21.5 Å². The van der Waals surface area contributed by atoms with E-state index in [2.05, 4.69) is 129 Å². The quantitative estimate of drug-likeness (QED) is 0.193. The summed E-state index contributed by atoms with van der Waals surface area (Å²) < 4.78 is 0. The smallest absolute Gasteiger partial charge is 0.0273 e. The minimum absolute atomic E-state index is 1.16. The standard InChI is InChI=1S/C46H26N4/c1-2-4-34-33(3-1)39(29-15-23-49-24-16-29)45-37-9-7-35-41-31(27-11-19-47-20-12-27)5-6-32(28-13-21-48-22-14-28)42(41)36-8-10-38(44(37)43(35)36)46(45)40(34)30-17-25-50-26-18-30/h1-26H. The van der Waals surface area contributed by atoms with E-state index in [9.17, 15) is 0 Å². The van der Waals surface area contributed by atoms with E-state index in [0.29, 0.717) is 0 Å². The number of nitrogens with zero attached hydrogens (tertiary/aromatic N) is 4. The van der Waals surface area contributed by atoms with Crippen LogP contribution in [0.25, 0.3) is 111 Å². The zero-order chi connectivity index (χ0) is 32.8. The van der Waals surface area contributed by atoms with Crippen LogP contribution >= 0.6 is 0 Å². The van der Waals surface area contributed by atoms with E-state index in [0.717, 1.165) is 22.3 Å². The fourth-order valence-corrected chi connectivity index (χ4v) is 8.65. The summed E-state index contributed by atoms with van der Waals surface area (Å²) in [4.78, 5) is 17.5. The van der Waals surface area contributed by atoms with Crippen LogP contribution < -0.4 is 0 Å². The van der Waals surface area contributed by atoms with Gasteiger partial charge >= 0.3 is 0 Å². The number of fused-ring (bicyclic) bond motifs is 7. The molecule has 4 heterocycles. The molecule has 0 N–H and O–H groups in total. The summed E-state index contributed by atoms with van der Waals surface area (Å²) in [5.41, 5.74) is 19.7. The van der Waals surface area contributed by atoms with Crippen LogP contribution in [0.1, 0.15) is 0 Å². The van der Waals surface area contributed by atoms with Crippen LogP contribution in [0.5, 0.6) is 0 Å². The normalized spacial score (nSPS) is 12.0. The molecule has 0 saturated carbocycles. The third-order valence-electron chi connectivity index (χ3n) is 10.6. The molecular weight excluding hydrogens is 609 g/mol. The maximum Gasteiger partial charge on any atom is 0.0273 e. The van der Waals surface area contributed by atoms with E-state index < -0.39 is 0 Å². The lowest BCUT2D eigenvalue weighted by Gasteiger charge is -2.20. The average Bonchev–Trinajstić information content (AvgIpc) is 3.71. The molecule has 0 fully saturated rings. The molecule has 0 unspecified atom stereocenters. The van der Waals surface area contributed by atoms with Gasteiger partial charge in [-0.15, -0.1) is 0 Å². The number of hydrogen-bond donors (Lipinski definition) is 0. The molecular formula is C46H26N4. The molecule has 0 bridgehead atoms. The number of aromatic nitrogens is 4. The Morgan fingerprint density at radius 1 is 0.240 bits per heavy atom. The van der Waals surface area contributed by atoms with Gasteiger partial charge in [-0.3, -0.25) is 19.9 Å². The van der Waals surface area contributed by atoms with Gasteiger partial charge in [0.2, 0.25) is 0 Å². The van der Waals surface area contributed by atoms with Gasteiger partial charge in [0, 0.05) is 49.6 Å². The van der Waals surface area contributed by atoms with Crippen molar-refractivity contribution in [1.82, 2.24) is 19.9 Å². The lowest BCUT2D eigenvalue weighted by molar-refractivity contribution is 1.33. The second-order valence-corrected chi connectivity index (χ2v) is 13.0. The molecule has 5 aromatic carbocycles. The first-order chi connectivity index (χ1) is 24.9. The molecule has 4 heteroatoms. The van der Waals surface area contributed by atoms with E-state index in [1.807, 2.05) is 49.6 Å². The van der Waals surface area contributed by atoms with E-state index in [1.54, 1.807) is 0 Å². The van der Waals surface area contributed by atoms with Crippen LogP contribution in [0.3, 0.4) is 0 Å². The number of benzene rings is 5. The lowest BCUT2D eigenvalue weighted by Crippen LogP contribution is -1.94. The van der Waals surface area contributed by atoms with Crippen molar-refractivity contribution in [3.63, 3.8) is 0 Å². The third-order valence-corrected chi connectivity index (χ3v) is 10.6. The first-order valence-corrected chi connectivity index (χ1v) is 16.9. The molecule has 0 amide bonds. The van der Waals surface area contributed by atoms with Crippen LogP contribution in [-0.2, 0) is 0 Å². The molecule has 4 nitrogen and oxygen atoms in total. The van der Waals surface area contributed by atoms with Gasteiger partial charge in [-0.05, 0) is 159 Å². The summed E-state index contributed by atoms with van der Waals surface area (Å²) in [6.45, 7) is 0. The summed E-state index contributed by atoms with van der Waals surface area (Å²) in [5.74, 6) is 0. The van der Waals surface area contributed by atoms with Crippen LogP contribution in [0.2, 0.25) is 0 Å². The van der Waals surface area contributed by atoms with Crippen molar-refractivity contribution in [2.45, 2.75) is 0 Å². The predicted octanol–water partition coefficient (Wildman–Crippen LogP) is 11.5. The number of rotatable bonds is 4. The first-order valence-electron chi connectivity index (χ1n) is 16.9. The largest absolute Gasteiger partial charge is 0.265 e. The van der Waals surface area contributed by atoms with Crippen molar-refractivity contribution in [1.29, 1.82) is 0 Å². The molecule has 9 aromatic rings. The first kappa shape index (κ1) is 27.2. The highest BCUT2D eigenvalue weighted by Crippen LogP contribution is 2.63. The minimum atomic E-state index is 1.16. The van der Waals surface area contributed by atoms with Crippen molar-refractivity contribution in [3.05, 3.63) is 159 Å². The van der Waals surface area contributed by atoms with Gasteiger partial charge in [0.25, 0.3) is 0 Å². The van der Waals surface area contributed by atoms with E-state index in [1.165, 1.54) is 88.3 Å². The summed E-state index contributed by atoms with van der Waals surface area (Å²) in [7, 11) is 0. The van der Waals surface area contributed by atoms with Gasteiger partial charge in [-0.25, -0.2) is 0 Å². The van der Waals surface area contributed by atoms with Gasteiger partial charge in [0.05, 0.1) is 0 Å². The van der Waals surface area contributed by atoms with Crippen molar-refractivity contribution in [3.8, 4) is 89.0 Å². The molecule has 0 spiro atoms. The highest BCUT2D eigenvalue weighted by atomic mass is 14.6. The maximum absolute atomic E-state index is 4.39. The number of pyridine rings is 4. The van der Waals surface area contributed by atoms with Gasteiger partial charge in [0.1, 0.15) is 0 Å². The topological polar surface area (TPSA) is 51.6 Å². The molecule has 0 saturated heterocycles.